The molecule has 0 spiro atoms. The first kappa shape index (κ1) is 16.6. The Morgan fingerprint density at radius 2 is 1.83 bits per heavy atom. The lowest BCUT2D eigenvalue weighted by molar-refractivity contribution is -0.199. The standard InChI is InChI=1S/C16H22F2O5/c1-15(17,18)14(20)22-3-2-12(19)23-13-10-4-9-5-11(13)8-16(21,6-9)7-10/h9-11,13,21H,2-8H2,1H3. The zero-order valence-electron chi connectivity index (χ0n) is 13.1. The Labute approximate surface area is 133 Å². The predicted octanol–water partition coefficient (Wildman–Crippen LogP) is 2.06. The van der Waals surface area contributed by atoms with Gasteiger partial charge in [0, 0.05) is 6.92 Å². The molecular formula is C16H22F2O5. The van der Waals surface area contributed by atoms with Gasteiger partial charge in [0.05, 0.1) is 12.0 Å². The third kappa shape index (κ3) is 3.49. The zero-order valence-corrected chi connectivity index (χ0v) is 13.1. The lowest BCUT2D eigenvalue weighted by Crippen LogP contribution is -2.57. The van der Waals surface area contributed by atoms with E-state index in [2.05, 4.69) is 4.74 Å². The number of aliphatic hydroxyl groups is 1. The smallest absolute Gasteiger partial charge is 0.376 e. The highest BCUT2D eigenvalue weighted by atomic mass is 19.3. The van der Waals surface area contributed by atoms with Gasteiger partial charge in [0.2, 0.25) is 0 Å². The Morgan fingerprint density at radius 3 is 2.35 bits per heavy atom. The van der Waals surface area contributed by atoms with Crippen LogP contribution < -0.4 is 0 Å². The molecule has 4 bridgehead atoms. The largest absolute Gasteiger partial charge is 0.462 e. The molecular weight excluding hydrogens is 310 g/mol. The van der Waals surface area contributed by atoms with Crippen LogP contribution in [0.3, 0.4) is 0 Å². The molecule has 130 valence electrons. The van der Waals surface area contributed by atoms with E-state index in [1.807, 2.05) is 0 Å². The fourth-order valence-electron chi connectivity index (χ4n) is 4.69. The average Bonchev–Trinajstić information content (AvgIpc) is 2.40. The first-order chi connectivity index (χ1) is 10.7. The Hall–Kier alpha value is -1.24. The predicted molar refractivity (Wildman–Crippen MR) is 74.6 cm³/mol. The summed E-state index contributed by atoms with van der Waals surface area (Å²) in [5, 5.41) is 10.5. The topological polar surface area (TPSA) is 72.8 Å². The van der Waals surface area contributed by atoms with Crippen LogP contribution in [0.15, 0.2) is 0 Å². The first-order valence-corrected chi connectivity index (χ1v) is 8.13. The van der Waals surface area contributed by atoms with E-state index in [1.165, 1.54) is 0 Å². The average molecular weight is 332 g/mol. The summed E-state index contributed by atoms with van der Waals surface area (Å²) in [6.45, 7) is 0.0443. The van der Waals surface area contributed by atoms with Crippen LogP contribution in [-0.4, -0.2) is 41.3 Å². The quantitative estimate of drug-likeness (QED) is 0.780. The molecule has 0 aromatic carbocycles. The van der Waals surface area contributed by atoms with E-state index >= 15 is 0 Å². The lowest BCUT2D eigenvalue weighted by atomic mass is 9.53. The van der Waals surface area contributed by atoms with E-state index in [-0.39, 0.29) is 24.4 Å². The van der Waals surface area contributed by atoms with Crippen LogP contribution in [0.5, 0.6) is 0 Å². The maximum atomic E-state index is 12.6. The van der Waals surface area contributed by atoms with Crippen LogP contribution in [0.25, 0.3) is 0 Å². The Balaban J connectivity index is 1.47. The van der Waals surface area contributed by atoms with Crippen molar-refractivity contribution in [1.82, 2.24) is 0 Å². The third-order valence-electron chi connectivity index (χ3n) is 5.32. The summed E-state index contributed by atoms with van der Waals surface area (Å²) in [4.78, 5) is 22.8. The van der Waals surface area contributed by atoms with Crippen molar-refractivity contribution >= 4 is 11.9 Å². The molecule has 0 saturated heterocycles. The van der Waals surface area contributed by atoms with Gasteiger partial charge in [0.15, 0.2) is 0 Å². The summed E-state index contributed by atoms with van der Waals surface area (Å²) in [7, 11) is 0. The monoisotopic (exact) mass is 332 g/mol. The number of hydrogen-bond acceptors (Lipinski definition) is 5. The number of alkyl halides is 2. The molecule has 4 fully saturated rings. The molecule has 0 amide bonds. The molecule has 2 atom stereocenters. The van der Waals surface area contributed by atoms with Crippen molar-refractivity contribution < 1.29 is 33.0 Å². The van der Waals surface area contributed by atoms with Crippen molar-refractivity contribution in [3.63, 3.8) is 0 Å². The second-order valence-corrected chi connectivity index (χ2v) is 7.42. The van der Waals surface area contributed by atoms with Gasteiger partial charge in [-0.2, -0.15) is 8.78 Å². The summed E-state index contributed by atoms with van der Waals surface area (Å²) >= 11 is 0. The molecule has 4 aliphatic rings. The maximum absolute atomic E-state index is 12.6. The van der Waals surface area contributed by atoms with Gasteiger partial charge < -0.3 is 14.6 Å². The van der Waals surface area contributed by atoms with Crippen LogP contribution in [0.4, 0.5) is 8.78 Å². The van der Waals surface area contributed by atoms with Crippen LogP contribution in [0.2, 0.25) is 0 Å². The van der Waals surface area contributed by atoms with E-state index in [0.29, 0.717) is 25.7 Å². The van der Waals surface area contributed by atoms with E-state index < -0.39 is 30.1 Å². The molecule has 0 aromatic heterocycles. The van der Waals surface area contributed by atoms with E-state index in [0.717, 1.165) is 19.3 Å². The van der Waals surface area contributed by atoms with Gasteiger partial charge in [0.25, 0.3) is 0 Å². The van der Waals surface area contributed by atoms with Crippen molar-refractivity contribution in [3.8, 4) is 0 Å². The second kappa shape index (κ2) is 5.69. The molecule has 7 heteroatoms. The minimum atomic E-state index is -3.55. The molecule has 23 heavy (non-hydrogen) atoms. The molecule has 4 rings (SSSR count). The second-order valence-electron chi connectivity index (χ2n) is 7.42. The SMILES string of the molecule is CC(F)(F)C(=O)OCCC(=O)OC1C2CC3CC1CC(O)(C3)C2. The summed E-state index contributed by atoms with van der Waals surface area (Å²) in [5.74, 6) is -4.86. The molecule has 0 radical (unpaired) electrons. The summed E-state index contributed by atoms with van der Waals surface area (Å²) in [6.07, 6.45) is 3.67. The Morgan fingerprint density at radius 1 is 1.22 bits per heavy atom. The maximum Gasteiger partial charge on any atom is 0.376 e. The van der Waals surface area contributed by atoms with E-state index in [9.17, 15) is 23.5 Å². The third-order valence-corrected chi connectivity index (χ3v) is 5.32. The van der Waals surface area contributed by atoms with Crippen LogP contribution in [-0.2, 0) is 19.1 Å². The number of halogens is 2. The van der Waals surface area contributed by atoms with E-state index in [4.69, 9.17) is 4.74 Å². The highest BCUT2D eigenvalue weighted by Crippen LogP contribution is 2.56. The molecule has 0 aliphatic heterocycles. The summed E-state index contributed by atoms with van der Waals surface area (Å²) in [6, 6.07) is 0. The minimum absolute atomic E-state index is 0.178. The number of ether oxygens (including phenoxy) is 2. The highest BCUT2D eigenvalue weighted by Gasteiger charge is 2.56. The molecule has 5 nitrogen and oxygen atoms in total. The zero-order chi connectivity index (χ0) is 16.8. The molecule has 0 aromatic rings. The van der Waals surface area contributed by atoms with Gasteiger partial charge in [0.1, 0.15) is 12.7 Å². The van der Waals surface area contributed by atoms with Crippen molar-refractivity contribution in [2.24, 2.45) is 17.8 Å². The van der Waals surface area contributed by atoms with Gasteiger partial charge in [-0.15, -0.1) is 0 Å². The van der Waals surface area contributed by atoms with Crippen LogP contribution >= 0.6 is 0 Å². The fourth-order valence-corrected chi connectivity index (χ4v) is 4.69. The fraction of sp³-hybridized carbons (Fsp3) is 0.875. The molecule has 4 aliphatic carbocycles. The van der Waals surface area contributed by atoms with Crippen molar-refractivity contribution in [2.45, 2.75) is 63.1 Å². The highest BCUT2D eigenvalue weighted by molar-refractivity contribution is 5.77. The van der Waals surface area contributed by atoms with Gasteiger partial charge in [-0.25, -0.2) is 4.79 Å². The Bertz CT molecular complexity index is 485. The summed E-state index contributed by atoms with van der Waals surface area (Å²) < 4.78 is 35.1. The number of esters is 2. The van der Waals surface area contributed by atoms with Crippen molar-refractivity contribution in [1.29, 1.82) is 0 Å². The molecule has 0 heterocycles. The molecule has 1 N–H and O–H groups in total. The van der Waals surface area contributed by atoms with Gasteiger partial charge in [-0.05, 0) is 49.9 Å². The number of hydrogen-bond donors (Lipinski definition) is 1. The van der Waals surface area contributed by atoms with Gasteiger partial charge >= 0.3 is 17.9 Å². The molecule has 4 saturated carbocycles. The van der Waals surface area contributed by atoms with Crippen LogP contribution in [0, 0.1) is 17.8 Å². The van der Waals surface area contributed by atoms with Crippen LogP contribution in [0.1, 0.15) is 45.4 Å². The number of carbonyl (C=O) groups is 2. The van der Waals surface area contributed by atoms with Crippen molar-refractivity contribution in [3.05, 3.63) is 0 Å². The summed E-state index contributed by atoms with van der Waals surface area (Å²) in [5.41, 5.74) is -0.596. The van der Waals surface area contributed by atoms with Gasteiger partial charge in [-0.1, -0.05) is 0 Å². The first-order valence-electron chi connectivity index (χ1n) is 8.13. The number of rotatable bonds is 5. The van der Waals surface area contributed by atoms with Crippen molar-refractivity contribution in [2.75, 3.05) is 6.61 Å². The Kier molecular flexibility index (Phi) is 4.11. The van der Waals surface area contributed by atoms with Gasteiger partial charge in [-0.3, -0.25) is 4.79 Å². The minimum Gasteiger partial charge on any atom is -0.462 e. The molecule has 2 unspecified atom stereocenters. The van der Waals surface area contributed by atoms with E-state index in [1.54, 1.807) is 0 Å². The number of carbonyl (C=O) groups excluding carboxylic acids is 2. The normalized spacial score (nSPS) is 38.4. The lowest BCUT2D eigenvalue weighted by Gasteiger charge is -2.57.